The van der Waals surface area contributed by atoms with Crippen LogP contribution in [0.2, 0.25) is 5.28 Å². The molecule has 17 heavy (non-hydrogen) atoms. The van der Waals surface area contributed by atoms with Crippen molar-refractivity contribution in [3.05, 3.63) is 11.5 Å². The molecule has 0 aliphatic carbocycles. The summed E-state index contributed by atoms with van der Waals surface area (Å²) in [4.78, 5) is 8.28. The van der Waals surface area contributed by atoms with E-state index in [1.54, 1.807) is 18.0 Å². The van der Waals surface area contributed by atoms with Crippen LogP contribution in [0.1, 0.15) is 13.3 Å². The third-order valence-electron chi connectivity index (χ3n) is 2.48. The molecular weight excluding hydrogens is 258 g/mol. The van der Waals surface area contributed by atoms with Crippen molar-refractivity contribution in [2.45, 2.75) is 19.4 Å². The van der Waals surface area contributed by atoms with E-state index in [1.807, 2.05) is 0 Å². The van der Waals surface area contributed by atoms with Gasteiger partial charge < -0.3 is 5.32 Å². The van der Waals surface area contributed by atoms with Gasteiger partial charge in [0.25, 0.3) is 0 Å². The number of rotatable bonds is 5. The Morgan fingerprint density at radius 3 is 3.06 bits per heavy atom. The van der Waals surface area contributed by atoms with Crippen molar-refractivity contribution in [3.63, 3.8) is 0 Å². The van der Waals surface area contributed by atoms with E-state index < -0.39 is 0 Å². The first-order valence-corrected chi connectivity index (χ1v) is 7.13. The molecule has 2 heterocycles. The summed E-state index contributed by atoms with van der Waals surface area (Å²) < 4.78 is 0. The lowest BCUT2D eigenvalue weighted by Gasteiger charge is -2.16. The zero-order chi connectivity index (χ0) is 12.3. The predicted molar refractivity (Wildman–Crippen MR) is 72.8 cm³/mol. The van der Waals surface area contributed by atoms with Gasteiger partial charge in [-0.1, -0.05) is 6.92 Å². The third-order valence-corrected chi connectivity index (χ3v) is 3.39. The molecule has 0 saturated carbocycles. The van der Waals surface area contributed by atoms with Gasteiger partial charge in [-0.25, -0.2) is 0 Å². The average Bonchev–Trinajstić information content (AvgIpc) is 2.76. The molecule has 0 amide bonds. The molecule has 2 rings (SSSR count). The van der Waals surface area contributed by atoms with Gasteiger partial charge in [-0.15, -0.1) is 0 Å². The lowest BCUT2D eigenvalue weighted by atomic mass is 10.2. The van der Waals surface area contributed by atoms with E-state index in [1.165, 1.54) is 0 Å². The van der Waals surface area contributed by atoms with Gasteiger partial charge in [0.2, 0.25) is 5.28 Å². The Kier molecular flexibility index (Phi) is 4.06. The highest BCUT2D eigenvalue weighted by Crippen LogP contribution is 2.21. The fraction of sp³-hybridized carbons (Fsp3) is 0.500. The summed E-state index contributed by atoms with van der Waals surface area (Å²) in [5.74, 6) is 1.77. The SMILES string of the molecule is CCC(CSC)Nc1nc(Cl)nc2[nH]ncc12. The number of H-pyrrole nitrogens is 1. The monoisotopic (exact) mass is 271 g/mol. The van der Waals surface area contributed by atoms with Gasteiger partial charge >= 0.3 is 0 Å². The quantitative estimate of drug-likeness (QED) is 0.818. The van der Waals surface area contributed by atoms with Crippen LogP contribution < -0.4 is 5.32 Å². The van der Waals surface area contributed by atoms with Crippen LogP contribution in [0.25, 0.3) is 11.0 Å². The molecule has 0 aromatic carbocycles. The predicted octanol–water partition coefficient (Wildman–Crippen LogP) is 2.56. The Morgan fingerprint density at radius 1 is 1.53 bits per heavy atom. The normalized spacial score (nSPS) is 12.9. The van der Waals surface area contributed by atoms with E-state index in [9.17, 15) is 0 Å². The van der Waals surface area contributed by atoms with Crippen molar-refractivity contribution in [2.24, 2.45) is 0 Å². The highest BCUT2D eigenvalue weighted by atomic mass is 35.5. The largest absolute Gasteiger partial charge is 0.366 e. The summed E-state index contributed by atoms with van der Waals surface area (Å²) in [5, 5.41) is 11.2. The molecule has 7 heteroatoms. The van der Waals surface area contributed by atoms with Crippen molar-refractivity contribution in [1.82, 2.24) is 20.2 Å². The number of aromatic amines is 1. The third kappa shape index (κ3) is 2.81. The molecule has 2 aromatic rings. The molecule has 2 N–H and O–H groups in total. The van der Waals surface area contributed by atoms with Crippen LogP contribution in [0.15, 0.2) is 6.20 Å². The molecule has 0 bridgehead atoms. The molecule has 2 aromatic heterocycles. The van der Waals surface area contributed by atoms with Crippen molar-refractivity contribution in [3.8, 4) is 0 Å². The maximum atomic E-state index is 5.87. The van der Waals surface area contributed by atoms with Crippen LogP contribution in [-0.2, 0) is 0 Å². The number of fused-ring (bicyclic) bond motifs is 1. The Bertz CT molecular complexity index is 500. The lowest BCUT2D eigenvalue weighted by Crippen LogP contribution is -2.22. The topological polar surface area (TPSA) is 66.5 Å². The van der Waals surface area contributed by atoms with Gasteiger partial charge in [0, 0.05) is 11.8 Å². The Hall–Kier alpha value is -1.01. The second-order valence-corrected chi connectivity index (χ2v) is 4.93. The molecule has 5 nitrogen and oxygen atoms in total. The Labute approximate surface area is 109 Å². The maximum Gasteiger partial charge on any atom is 0.226 e. The first-order chi connectivity index (χ1) is 8.24. The average molecular weight is 272 g/mol. The molecule has 0 radical (unpaired) electrons. The van der Waals surface area contributed by atoms with Crippen LogP contribution >= 0.6 is 23.4 Å². The molecular formula is C10H14ClN5S. The van der Waals surface area contributed by atoms with E-state index in [0.29, 0.717) is 11.7 Å². The summed E-state index contributed by atoms with van der Waals surface area (Å²) in [6.07, 6.45) is 4.83. The fourth-order valence-corrected chi connectivity index (χ4v) is 2.46. The first-order valence-electron chi connectivity index (χ1n) is 5.36. The van der Waals surface area contributed by atoms with Crippen LogP contribution in [0, 0.1) is 0 Å². The van der Waals surface area contributed by atoms with Gasteiger partial charge in [-0.3, -0.25) is 5.10 Å². The second kappa shape index (κ2) is 5.55. The number of hydrogen-bond acceptors (Lipinski definition) is 5. The van der Waals surface area contributed by atoms with E-state index in [0.717, 1.165) is 23.4 Å². The summed E-state index contributed by atoms with van der Waals surface area (Å²) in [7, 11) is 0. The van der Waals surface area contributed by atoms with E-state index >= 15 is 0 Å². The first kappa shape index (κ1) is 12.4. The summed E-state index contributed by atoms with van der Waals surface area (Å²) in [6.45, 7) is 2.14. The molecule has 92 valence electrons. The molecule has 0 aliphatic heterocycles. The molecule has 0 aliphatic rings. The lowest BCUT2D eigenvalue weighted by molar-refractivity contribution is 0.771. The van der Waals surface area contributed by atoms with Crippen molar-refractivity contribution >= 4 is 40.2 Å². The van der Waals surface area contributed by atoms with Gasteiger partial charge in [0.1, 0.15) is 5.82 Å². The summed E-state index contributed by atoms with van der Waals surface area (Å²) in [6, 6.07) is 0.370. The molecule has 0 fully saturated rings. The van der Waals surface area contributed by atoms with Gasteiger partial charge in [0.05, 0.1) is 11.6 Å². The van der Waals surface area contributed by atoms with E-state index in [-0.39, 0.29) is 5.28 Å². The highest BCUT2D eigenvalue weighted by molar-refractivity contribution is 7.98. The standard InChI is InChI=1S/C10H14ClN5S/c1-3-6(5-17-2)13-8-7-4-12-16-9(7)15-10(11)14-8/h4,6H,3,5H2,1-2H3,(H2,12,13,14,15,16). The number of halogens is 1. The van der Waals surface area contributed by atoms with E-state index in [2.05, 4.69) is 38.7 Å². The highest BCUT2D eigenvalue weighted by Gasteiger charge is 2.12. The number of hydrogen-bond donors (Lipinski definition) is 2. The summed E-state index contributed by atoms with van der Waals surface area (Å²) in [5.41, 5.74) is 0.659. The Morgan fingerprint density at radius 2 is 2.35 bits per heavy atom. The Balaban J connectivity index is 2.30. The van der Waals surface area contributed by atoms with Crippen molar-refractivity contribution in [2.75, 3.05) is 17.3 Å². The van der Waals surface area contributed by atoms with Gasteiger partial charge in [0.15, 0.2) is 5.65 Å². The number of aromatic nitrogens is 4. The second-order valence-electron chi connectivity index (χ2n) is 3.68. The van der Waals surface area contributed by atoms with Gasteiger partial charge in [-0.05, 0) is 24.3 Å². The van der Waals surface area contributed by atoms with Crippen molar-refractivity contribution < 1.29 is 0 Å². The van der Waals surface area contributed by atoms with Crippen LogP contribution in [0.5, 0.6) is 0 Å². The van der Waals surface area contributed by atoms with Crippen molar-refractivity contribution in [1.29, 1.82) is 0 Å². The van der Waals surface area contributed by atoms with Gasteiger partial charge in [-0.2, -0.15) is 26.8 Å². The molecule has 0 spiro atoms. The molecule has 0 saturated heterocycles. The minimum atomic E-state index is 0.225. The smallest absolute Gasteiger partial charge is 0.226 e. The minimum absolute atomic E-state index is 0.225. The number of nitrogens with zero attached hydrogens (tertiary/aromatic N) is 3. The van der Waals surface area contributed by atoms with Crippen LogP contribution in [-0.4, -0.2) is 38.2 Å². The number of nitrogens with one attached hydrogen (secondary N) is 2. The van der Waals surface area contributed by atoms with Crippen LogP contribution in [0.3, 0.4) is 0 Å². The van der Waals surface area contributed by atoms with E-state index in [4.69, 9.17) is 11.6 Å². The molecule has 1 unspecified atom stereocenters. The zero-order valence-electron chi connectivity index (χ0n) is 9.70. The number of thioether (sulfide) groups is 1. The zero-order valence-corrected chi connectivity index (χ0v) is 11.3. The summed E-state index contributed by atoms with van der Waals surface area (Å²) >= 11 is 7.67. The maximum absolute atomic E-state index is 5.87. The minimum Gasteiger partial charge on any atom is -0.366 e. The number of anilines is 1. The van der Waals surface area contributed by atoms with Crippen LogP contribution in [0.4, 0.5) is 5.82 Å². The fourth-order valence-electron chi connectivity index (χ4n) is 1.57. The molecule has 1 atom stereocenters.